The lowest BCUT2D eigenvalue weighted by Gasteiger charge is -2.14. The Labute approximate surface area is 187 Å². The first kappa shape index (κ1) is 21.4. The van der Waals surface area contributed by atoms with Gasteiger partial charge in [-0.15, -0.1) is 0 Å². The number of aryl methyl sites for hydroxylation is 1. The zero-order chi connectivity index (χ0) is 22.7. The largest absolute Gasteiger partial charge is 0.497 e. The van der Waals surface area contributed by atoms with Crippen LogP contribution in [-0.4, -0.2) is 29.4 Å². The third kappa shape index (κ3) is 4.14. The molecular formula is C27H26N2O3. The van der Waals surface area contributed by atoms with Gasteiger partial charge in [-0.2, -0.15) is 0 Å². The van der Waals surface area contributed by atoms with Gasteiger partial charge in [0.15, 0.2) is 0 Å². The first-order chi connectivity index (χ1) is 15.5. The summed E-state index contributed by atoms with van der Waals surface area (Å²) in [5.41, 5.74) is 4.04. The Kier molecular flexibility index (Phi) is 6.08. The number of carbonyl (C=O) groups is 2. The molecule has 3 aromatic carbocycles. The molecule has 0 fully saturated rings. The number of ketones is 1. The van der Waals surface area contributed by atoms with Crippen molar-refractivity contribution in [1.29, 1.82) is 0 Å². The summed E-state index contributed by atoms with van der Waals surface area (Å²) in [5.74, 6) is -0.341. The number of hydrogen-bond donors (Lipinski definition) is 1. The Balaban J connectivity index is 1.62. The molecule has 0 radical (unpaired) electrons. The van der Waals surface area contributed by atoms with E-state index < -0.39 is 11.7 Å². The van der Waals surface area contributed by atoms with Crippen LogP contribution >= 0.6 is 0 Å². The minimum atomic E-state index is -0.598. The summed E-state index contributed by atoms with van der Waals surface area (Å²) in [4.78, 5) is 26.4. The van der Waals surface area contributed by atoms with Crippen LogP contribution in [0.15, 0.2) is 78.9 Å². The maximum Gasteiger partial charge on any atom is 0.292 e. The lowest BCUT2D eigenvalue weighted by atomic mass is 10.0. The van der Waals surface area contributed by atoms with E-state index >= 15 is 0 Å². The third-order valence-electron chi connectivity index (χ3n) is 5.67. The normalized spacial score (nSPS) is 11.8. The average molecular weight is 427 g/mol. The van der Waals surface area contributed by atoms with Crippen molar-refractivity contribution in [2.24, 2.45) is 7.05 Å². The van der Waals surface area contributed by atoms with E-state index in [0.29, 0.717) is 12.0 Å². The van der Waals surface area contributed by atoms with Gasteiger partial charge in [-0.05, 0) is 42.7 Å². The van der Waals surface area contributed by atoms with Crippen molar-refractivity contribution >= 4 is 22.6 Å². The summed E-state index contributed by atoms with van der Waals surface area (Å²) in [7, 11) is 3.55. The molecule has 1 unspecified atom stereocenters. The van der Waals surface area contributed by atoms with Gasteiger partial charge in [0.1, 0.15) is 5.75 Å². The van der Waals surface area contributed by atoms with Crippen LogP contribution in [0, 0.1) is 0 Å². The van der Waals surface area contributed by atoms with E-state index in [2.05, 4.69) is 5.32 Å². The number of amides is 1. The number of ether oxygens (including phenoxy) is 1. The smallest absolute Gasteiger partial charge is 0.292 e. The maximum atomic E-state index is 13.4. The molecule has 0 aliphatic heterocycles. The lowest BCUT2D eigenvalue weighted by Crippen LogP contribution is -2.39. The number of hydrogen-bond acceptors (Lipinski definition) is 3. The minimum absolute atomic E-state index is 0.199. The molecule has 1 N–H and O–H groups in total. The monoisotopic (exact) mass is 426 g/mol. The Hall–Kier alpha value is -3.86. The molecule has 32 heavy (non-hydrogen) atoms. The molecule has 0 spiro atoms. The first-order valence-electron chi connectivity index (χ1n) is 10.6. The van der Waals surface area contributed by atoms with Gasteiger partial charge in [-0.25, -0.2) is 0 Å². The number of methoxy groups -OCH3 is 1. The number of aromatic nitrogens is 1. The molecule has 4 rings (SSSR count). The summed E-state index contributed by atoms with van der Waals surface area (Å²) < 4.78 is 7.17. The molecule has 0 bridgehead atoms. The second-order valence-corrected chi connectivity index (χ2v) is 7.92. The summed E-state index contributed by atoms with van der Waals surface area (Å²) in [5, 5.41) is 3.65. The fraction of sp³-hybridized carbons (Fsp3) is 0.185. The Morgan fingerprint density at radius 2 is 1.59 bits per heavy atom. The minimum Gasteiger partial charge on any atom is -0.497 e. The molecule has 1 atom stereocenters. The molecule has 0 aliphatic rings. The highest BCUT2D eigenvalue weighted by atomic mass is 16.5. The van der Waals surface area contributed by atoms with Gasteiger partial charge in [0.05, 0.1) is 18.4 Å². The van der Waals surface area contributed by atoms with E-state index in [-0.39, 0.29) is 6.04 Å². The van der Waals surface area contributed by atoms with Crippen LogP contribution in [0.1, 0.15) is 22.8 Å². The molecule has 5 heteroatoms. The molecule has 162 valence electrons. The number of para-hydroxylation sites is 1. The predicted molar refractivity (Wildman–Crippen MR) is 127 cm³/mol. The van der Waals surface area contributed by atoms with Gasteiger partial charge < -0.3 is 14.6 Å². The fourth-order valence-electron chi connectivity index (χ4n) is 4.13. The van der Waals surface area contributed by atoms with Crippen molar-refractivity contribution < 1.29 is 14.3 Å². The van der Waals surface area contributed by atoms with E-state index in [1.54, 1.807) is 7.11 Å². The predicted octanol–water partition coefficient (Wildman–Crippen LogP) is 4.78. The average Bonchev–Trinajstić information content (AvgIpc) is 3.12. The van der Waals surface area contributed by atoms with E-state index in [4.69, 9.17) is 4.74 Å². The lowest BCUT2D eigenvalue weighted by molar-refractivity contribution is -0.117. The maximum absolute atomic E-state index is 13.4. The van der Waals surface area contributed by atoms with Gasteiger partial charge in [0.2, 0.25) is 0 Å². The topological polar surface area (TPSA) is 60.3 Å². The quantitative estimate of drug-likeness (QED) is 0.342. The van der Waals surface area contributed by atoms with Crippen molar-refractivity contribution in [1.82, 2.24) is 9.88 Å². The SMILES string of the molecule is COc1ccc(CC(C)NC(=O)C(=O)c2c(-c3ccccc3)n(C)c3ccccc23)cc1. The first-order valence-corrected chi connectivity index (χ1v) is 10.6. The number of Topliss-reactive ketones (excluding diaryl/α,β-unsaturated/α-hetero) is 1. The van der Waals surface area contributed by atoms with Gasteiger partial charge in [0.25, 0.3) is 11.7 Å². The Morgan fingerprint density at radius 1 is 0.938 bits per heavy atom. The molecule has 5 nitrogen and oxygen atoms in total. The summed E-state index contributed by atoms with van der Waals surface area (Å²) in [6.45, 7) is 1.90. The zero-order valence-electron chi connectivity index (χ0n) is 18.5. The van der Waals surface area contributed by atoms with Crippen molar-refractivity contribution in [3.63, 3.8) is 0 Å². The summed E-state index contributed by atoms with van der Waals surface area (Å²) in [6.07, 6.45) is 0.615. The number of fused-ring (bicyclic) bond motifs is 1. The molecule has 0 saturated carbocycles. The van der Waals surface area contributed by atoms with Crippen LogP contribution in [0.5, 0.6) is 5.75 Å². The van der Waals surface area contributed by atoms with Gasteiger partial charge in [-0.1, -0.05) is 60.7 Å². The molecule has 1 heterocycles. The van der Waals surface area contributed by atoms with Crippen molar-refractivity contribution in [2.75, 3.05) is 7.11 Å². The van der Waals surface area contributed by atoms with Gasteiger partial charge in [-0.3, -0.25) is 9.59 Å². The van der Waals surface area contributed by atoms with Gasteiger partial charge >= 0.3 is 0 Å². The van der Waals surface area contributed by atoms with E-state index in [9.17, 15) is 9.59 Å². The van der Waals surface area contributed by atoms with Crippen molar-refractivity contribution in [3.05, 3.63) is 90.0 Å². The van der Waals surface area contributed by atoms with E-state index in [1.807, 2.05) is 97.4 Å². The highest BCUT2D eigenvalue weighted by molar-refractivity contribution is 6.46. The number of nitrogens with zero attached hydrogens (tertiary/aromatic N) is 1. The highest BCUT2D eigenvalue weighted by Gasteiger charge is 2.27. The van der Waals surface area contributed by atoms with Crippen LogP contribution < -0.4 is 10.1 Å². The molecule has 1 amide bonds. The fourth-order valence-corrected chi connectivity index (χ4v) is 4.13. The van der Waals surface area contributed by atoms with Crippen LogP contribution in [0.4, 0.5) is 0 Å². The number of rotatable bonds is 7. The highest BCUT2D eigenvalue weighted by Crippen LogP contribution is 2.33. The summed E-state index contributed by atoms with van der Waals surface area (Å²) >= 11 is 0. The molecule has 4 aromatic rings. The van der Waals surface area contributed by atoms with Gasteiger partial charge in [0, 0.05) is 24.0 Å². The molecular weight excluding hydrogens is 400 g/mol. The van der Waals surface area contributed by atoms with E-state index in [1.165, 1.54) is 0 Å². The number of benzene rings is 3. The van der Waals surface area contributed by atoms with Crippen molar-refractivity contribution in [2.45, 2.75) is 19.4 Å². The molecule has 1 aromatic heterocycles. The van der Waals surface area contributed by atoms with Crippen LogP contribution in [0.25, 0.3) is 22.2 Å². The van der Waals surface area contributed by atoms with Crippen LogP contribution in [0.3, 0.4) is 0 Å². The third-order valence-corrected chi connectivity index (χ3v) is 5.67. The summed E-state index contributed by atoms with van der Waals surface area (Å²) in [6, 6.07) is 24.9. The van der Waals surface area contributed by atoms with Crippen LogP contribution in [0.2, 0.25) is 0 Å². The Morgan fingerprint density at radius 3 is 2.28 bits per heavy atom. The standard InChI is InChI=1S/C27H26N2O3/c1-18(17-19-13-15-21(32-3)16-14-19)28-27(31)26(30)24-22-11-7-8-12-23(22)29(2)25(24)20-9-5-4-6-10-20/h4-16,18H,17H2,1-3H3,(H,28,31). The molecule has 0 saturated heterocycles. The van der Waals surface area contributed by atoms with Crippen LogP contribution in [-0.2, 0) is 18.3 Å². The Bertz CT molecular complexity index is 1260. The molecule has 0 aliphatic carbocycles. The number of nitrogens with one attached hydrogen (secondary N) is 1. The second-order valence-electron chi connectivity index (χ2n) is 7.92. The van der Waals surface area contributed by atoms with E-state index in [0.717, 1.165) is 33.5 Å². The zero-order valence-corrected chi connectivity index (χ0v) is 18.5. The number of carbonyl (C=O) groups excluding carboxylic acids is 2. The van der Waals surface area contributed by atoms with Crippen molar-refractivity contribution in [3.8, 4) is 17.0 Å². The second kappa shape index (κ2) is 9.10.